The lowest BCUT2D eigenvalue weighted by Gasteiger charge is -2.37. The summed E-state index contributed by atoms with van der Waals surface area (Å²) in [6.07, 6.45) is 1.51. The highest BCUT2D eigenvalue weighted by atomic mass is 35.5. The molecule has 4 nitrogen and oxygen atoms in total. The minimum Gasteiger partial charge on any atom is -0.496 e. The smallest absolute Gasteiger partial charge is 0.223 e. The number of ether oxygens (including phenoxy) is 1. The van der Waals surface area contributed by atoms with Crippen LogP contribution in [0.2, 0.25) is 0 Å². The largest absolute Gasteiger partial charge is 0.496 e. The highest BCUT2D eigenvalue weighted by Gasteiger charge is 2.28. The minimum absolute atomic E-state index is 0. The van der Waals surface area contributed by atoms with Gasteiger partial charge < -0.3 is 15.0 Å². The van der Waals surface area contributed by atoms with E-state index in [0.717, 1.165) is 37.4 Å². The van der Waals surface area contributed by atoms with Gasteiger partial charge in [0, 0.05) is 31.6 Å². The van der Waals surface area contributed by atoms with E-state index in [-0.39, 0.29) is 24.4 Å². The molecule has 0 radical (unpaired) electrons. The predicted octanol–water partition coefficient (Wildman–Crippen LogP) is 2.39. The summed E-state index contributed by atoms with van der Waals surface area (Å²) in [5.74, 6) is 1.09. The Kier molecular flexibility index (Phi) is 6.82. The van der Waals surface area contributed by atoms with Crippen LogP contribution in [0.4, 0.5) is 0 Å². The number of para-hydroxylation sites is 1. The van der Waals surface area contributed by atoms with Crippen molar-refractivity contribution in [1.82, 2.24) is 10.2 Å². The molecular formula is C15H23ClN2O2. The molecule has 1 aliphatic rings. The van der Waals surface area contributed by atoms with Gasteiger partial charge in [-0.3, -0.25) is 4.79 Å². The second-order valence-corrected chi connectivity index (χ2v) is 4.80. The monoisotopic (exact) mass is 298 g/mol. The van der Waals surface area contributed by atoms with Crippen LogP contribution in [-0.4, -0.2) is 37.6 Å². The highest BCUT2D eigenvalue weighted by molar-refractivity contribution is 5.85. The fourth-order valence-electron chi connectivity index (χ4n) is 2.58. The van der Waals surface area contributed by atoms with Crippen LogP contribution >= 0.6 is 12.4 Å². The molecule has 1 N–H and O–H groups in total. The molecule has 1 fully saturated rings. The van der Waals surface area contributed by atoms with E-state index in [4.69, 9.17) is 4.74 Å². The summed E-state index contributed by atoms with van der Waals surface area (Å²) < 4.78 is 5.42. The molecule has 2 rings (SSSR count). The number of hydrogen-bond donors (Lipinski definition) is 1. The molecule has 1 aliphatic heterocycles. The first-order valence-corrected chi connectivity index (χ1v) is 6.91. The second kappa shape index (κ2) is 8.12. The van der Waals surface area contributed by atoms with Gasteiger partial charge in [-0.05, 0) is 12.5 Å². The number of methoxy groups -OCH3 is 1. The molecule has 1 saturated heterocycles. The van der Waals surface area contributed by atoms with E-state index in [1.807, 2.05) is 36.1 Å². The Balaban J connectivity index is 0.00000200. The molecule has 1 heterocycles. The second-order valence-electron chi connectivity index (χ2n) is 4.80. The molecule has 20 heavy (non-hydrogen) atoms. The van der Waals surface area contributed by atoms with E-state index < -0.39 is 0 Å². The highest BCUT2D eigenvalue weighted by Crippen LogP contribution is 2.30. The van der Waals surface area contributed by atoms with E-state index in [9.17, 15) is 4.79 Å². The lowest BCUT2D eigenvalue weighted by atomic mass is 10.0. The van der Waals surface area contributed by atoms with Gasteiger partial charge in [0.1, 0.15) is 5.75 Å². The maximum Gasteiger partial charge on any atom is 0.223 e. The molecule has 0 aliphatic carbocycles. The van der Waals surface area contributed by atoms with Crippen LogP contribution in [0.5, 0.6) is 5.75 Å². The Bertz CT molecular complexity index is 440. The van der Waals surface area contributed by atoms with Crippen LogP contribution in [0.1, 0.15) is 31.4 Å². The Morgan fingerprint density at radius 1 is 1.45 bits per heavy atom. The third-order valence-corrected chi connectivity index (χ3v) is 3.53. The van der Waals surface area contributed by atoms with Crippen molar-refractivity contribution in [3.8, 4) is 5.75 Å². The van der Waals surface area contributed by atoms with Crippen LogP contribution in [0.15, 0.2) is 24.3 Å². The number of halogens is 1. The average molecular weight is 299 g/mol. The van der Waals surface area contributed by atoms with Crippen molar-refractivity contribution in [2.24, 2.45) is 0 Å². The molecule has 0 bridgehead atoms. The number of benzene rings is 1. The first-order valence-electron chi connectivity index (χ1n) is 6.91. The molecule has 1 aromatic rings. The number of piperazine rings is 1. The Morgan fingerprint density at radius 3 is 2.90 bits per heavy atom. The fourth-order valence-corrected chi connectivity index (χ4v) is 2.58. The lowest BCUT2D eigenvalue weighted by Crippen LogP contribution is -2.48. The molecule has 0 aromatic heterocycles. The van der Waals surface area contributed by atoms with Crippen molar-refractivity contribution in [3.63, 3.8) is 0 Å². The van der Waals surface area contributed by atoms with Crippen molar-refractivity contribution in [2.75, 3.05) is 26.7 Å². The van der Waals surface area contributed by atoms with Gasteiger partial charge in [-0.2, -0.15) is 0 Å². The topological polar surface area (TPSA) is 41.6 Å². The summed E-state index contributed by atoms with van der Waals surface area (Å²) in [6.45, 7) is 4.46. The van der Waals surface area contributed by atoms with E-state index >= 15 is 0 Å². The van der Waals surface area contributed by atoms with Gasteiger partial charge in [0.05, 0.1) is 13.2 Å². The number of hydrogen-bond acceptors (Lipinski definition) is 3. The van der Waals surface area contributed by atoms with Crippen LogP contribution in [0.25, 0.3) is 0 Å². The summed E-state index contributed by atoms with van der Waals surface area (Å²) in [5.41, 5.74) is 1.08. The van der Waals surface area contributed by atoms with E-state index in [2.05, 4.69) is 5.32 Å². The zero-order valence-electron chi connectivity index (χ0n) is 12.1. The molecular weight excluding hydrogens is 276 g/mol. The molecule has 0 spiro atoms. The fraction of sp³-hybridized carbons (Fsp3) is 0.533. The van der Waals surface area contributed by atoms with Gasteiger partial charge in [-0.1, -0.05) is 25.1 Å². The summed E-state index contributed by atoms with van der Waals surface area (Å²) in [6, 6.07) is 8.02. The number of rotatable bonds is 4. The van der Waals surface area contributed by atoms with Crippen LogP contribution in [0.3, 0.4) is 0 Å². The van der Waals surface area contributed by atoms with Gasteiger partial charge in [-0.25, -0.2) is 0 Å². The van der Waals surface area contributed by atoms with Gasteiger partial charge >= 0.3 is 0 Å². The molecule has 1 amide bonds. The van der Waals surface area contributed by atoms with E-state index in [1.165, 1.54) is 0 Å². The molecule has 112 valence electrons. The molecule has 1 aromatic carbocycles. The van der Waals surface area contributed by atoms with Crippen molar-refractivity contribution < 1.29 is 9.53 Å². The quantitative estimate of drug-likeness (QED) is 0.928. The van der Waals surface area contributed by atoms with E-state index in [1.54, 1.807) is 7.11 Å². The summed E-state index contributed by atoms with van der Waals surface area (Å²) >= 11 is 0. The van der Waals surface area contributed by atoms with Crippen molar-refractivity contribution in [1.29, 1.82) is 0 Å². The lowest BCUT2D eigenvalue weighted by molar-refractivity contribution is -0.134. The van der Waals surface area contributed by atoms with Crippen molar-refractivity contribution >= 4 is 18.3 Å². The van der Waals surface area contributed by atoms with Gasteiger partial charge in [0.2, 0.25) is 5.91 Å². The maximum atomic E-state index is 12.2. The Hall–Kier alpha value is -1.26. The number of carbonyl (C=O) groups is 1. The molecule has 1 unspecified atom stereocenters. The van der Waals surface area contributed by atoms with Crippen molar-refractivity contribution in [3.05, 3.63) is 29.8 Å². The van der Waals surface area contributed by atoms with Crippen LogP contribution in [0, 0.1) is 0 Å². The number of nitrogens with one attached hydrogen (secondary N) is 1. The molecule has 1 atom stereocenters. The summed E-state index contributed by atoms with van der Waals surface area (Å²) in [4.78, 5) is 14.2. The number of carbonyl (C=O) groups excluding carboxylic acids is 1. The third kappa shape index (κ3) is 3.64. The first kappa shape index (κ1) is 16.8. The van der Waals surface area contributed by atoms with Gasteiger partial charge in [-0.15, -0.1) is 12.4 Å². The Labute approximate surface area is 126 Å². The molecule has 0 saturated carbocycles. The van der Waals surface area contributed by atoms with Crippen molar-refractivity contribution in [2.45, 2.75) is 25.8 Å². The minimum atomic E-state index is 0. The van der Waals surface area contributed by atoms with Crippen LogP contribution in [-0.2, 0) is 4.79 Å². The Morgan fingerprint density at radius 2 is 2.20 bits per heavy atom. The zero-order chi connectivity index (χ0) is 13.7. The SMILES string of the molecule is CCCC(=O)N1CCNCC1c1ccccc1OC.Cl. The zero-order valence-corrected chi connectivity index (χ0v) is 12.9. The summed E-state index contributed by atoms with van der Waals surface area (Å²) in [7, 11) is 1.67. The number of amides is 1. The molecule has 5 heteroatoms. The number of nitrogens with zero attached hydrogens (tertiary/aromatic N) is 1. The maximum absolute atomic E-state index is 12.2. The first-order chi connectivity index (χ1) is 9.27. The standard InChI is InChI=1S/C15H22N2O2.ClH/c1-3-6-15(18)17-10-9-16-11-13(17)12-7-4-5-8-14(12)19-2;/h4-5,7-8,13,16H,3,6,9-11H2,1-2H3;1H. The van der Waals surface area contributed by atoms with Gasteiger partial charge in [0.15, 0.2) is 0 Å². The van der Waals surface area contributed by atoms with E-state index in [0.29, 0.717) is 6.42 Å². The summed E-state index contributed by atoms with van der Waals surface area (Å²) in [5, 5.41) is 3.36. The van der Waals surface area contributed by atoms with Gasteiger partial charge in [0.25, 0.3) is 0 Å². The normalized spacial score (nSPS) is 18.3. The van der Waals surface area contributed by atoms with Crippen LogP contribution < -0.4 is 10.1 Å². The third-order valence-electron chi connectivity index (χ3n) is 3.53. The predicted molar refractivity (Wildman–Crippen MR) is 82.5 cm³/mol. The average Bonchev–Trinajstić information content (AvgIpc) is 2.47.